The van der Waals surface area contributed by atoms with E-state index < -0.39 is 0 Å². The van der Waals surface area contributed by atoms with Gasteiger partial charge >= 0.3 is 0 Å². The van der Waals surface area contributed by atoms with Crippen LogP contribution in [0.3, 0.4) is 0 Å². The monoisotopic (exact) mass is 434 g/mol. The third kappa shape index (κ3) is 4.41. The number of hydrogen-bond acceptors (Lipinski definition) is 6. The zero-order chi connectivity index (χ0) is 22.7. The van der Waals surface area contributed by atoms with Crippen molar-refractivity contribution in [3.63, 3.8) is 0 Å². The Kier molecular flexibility index (Phi) is 6.87. The molecular formula is C25H30N4O3. The molecule has 168 valence electrons. The van der Waals surface area contributed by atoms with Crippen molar-refractivity contribution in [1.29, 1.82) is 5.26 Å². The van der Waals surface area contributed by atoms with Gasteiger partial charge in [0.05, 0.1) is 30.9 Å². The fourth-order valence-corrected chi connectivity index (χ4v) is 4.55. The van der Waals surface area contributed by atoms with Gasteiger partial charge in [-0.2, -0.15) is 5.26 Å². The van der Waals surface area contributed by atoms with Crippen LogP contribution in [0, 0.1) is 17.2 Å². The molecule has 0 aromatic heterocycles. The van der Waals surface area contributed by atoms with E-state index in [2.05, 4.69) is 36.8 Å². The molecule has 0 saturated carbocycles. The van der Waals surface area contributed by atoms with Gasteiger partial charge in [0.25, 0.3) is 5.91 Å². The van der Waals surface area contributed by atoms with Crippen LogP contribution in [0.15, 0.2) is 42.5 Å². The topological polar surface area (TPSA) is 97.6 Å². The molecule has 1 amide bonds. The SMILES string of the molecule is CCc1ccc(C(=O)N2CC(c3ccc(C#N)cc3)C2)cc1C1NNC(OCCO)C1C. The second-order valence-electron chi connectivity index (χ2n) is 8.55. The highest BCUT2D eigenvalue weighted by molar-refractivity contribution is 5.95. The lowest BCUT2D eigenvalue weighted by Gasteiger charge is -2.39. The molecule has 2 aliphatic heterocycles. The molecule has 4 rings (SSSR count). The summed E-state index contributed by atoms with van der Waals surface area (Å²) in [4.78, 5) is 15.0. The number of aliphatic hydroxyl groups excluding tert-OH is 1. The lowest BCUT2D eigenvalue weighted by atomic mass is 9.88. The summed E-state index contributed by atoms with van der Waals surface area (Å²) in [6.07, 6.45) is 0.682. The summed E-state index contributed by atoms with van der Waals surface area (Å²) in [6, 6.07) is 15.8. The highest BCUT2D eigenvalue weighted by Gasteiger charge is 2.36. The number of nitrogens with one attached hydrogen (secondary N) is 2. The Labute approximate surface area is 189 Å². The Balaban J connectivity index is 1.45. The molecule has 3 N–H and O–H groups in total. The van der Waals surface area contributed by atoms with Crippen LogP contribution in [0.5, 0.6) is 0 Å². The highest BCUT2D eigenvalue weighted by atomic mass is 16.5. The number of nitriles is 1. The first-order chi connectivity index (χ1) is 15.5. The summed E-state index contributed by atoms with van der Waals surface area (Å²) < 4.78 is 5.68. The van der Waals surface area contributed by atoms with E-state index in [1.807, 2.05) is 41.3 Å². The number of hydrogen-bond donors (Lipinski definition) is 3. The summed E-state index contributed by atoms with van der Waals surface area (Å²) in [5.41, 5.74) is 11.3. The number of aliphatic hydroxyl groups is 1. The Bertz CT molecular complexity index is 995. The number of benzene rings is 2. The molecule has 7 nitrogen and oxygen atoms in total. The maximum absolute atomic E-state index is 13.2. The molecule has 2 aromatic carbocycles. The minimum absolute atomic E-state index is 0.0148. The number of ether oxygens (including phenoxy) is 1. The molecule has 2 saturated heterocycles. The number of hydrazine groups is 1. The Hall–Kier alpha value is -2.76. The van der Waals surface area contributed by atoms with E-state index in [1.54, 1.807) is 0 Å². The minimum Gasteiger partial charge on any atom is -0.394 e. The van der Waals surface area contributed by atoms with Crippen molar-refractivity contribution in [3.05, 3.63) is 70.3 Å². The minimum atomic E-state index is -0.195. The number of aryl methyl sites for hydroxylation is 1. The van der Waals surface area contributed by atoms with Gasteiger partial charge in [-0.05, 0) is 47.4 Å². The predicted octanol–water partition coefficient (Wildman–Crippen LogP) is 2.48. The maximum atomic E-state index is 13.2. The molecule has 0 aliphatic carbocycles. The van der Waals surface area contributed by atoms with E-state index in [0.29, 0.717) is 30.1 Å². The normalized spacial score (nSPS) is 23.1. The molecule has 2 heterocycles. The van der Waals surface area contributed by atoms with Gasteiger partial charge in [0.1, 0.15) is 6.23 Å². The van der Waals surface area contributed by atoms with E-state index in [9.17, 15) is 4.79 Å². The average molecular weight is 435 g/mol. The molecule has 2 fully saturated rings. The molecule has 2 aliphatic rings. The standard InChI is InChI=1S/C25H30N4O3/c1-3-18-8-9-20(12-22(18)23-16(2)24(28-27-23)32-11-10-30)25(31)29-14-21(15-29)19-6-4-17(13-26)5-7-19/h4-9,12,16,21,23-24,27-28,30H,3,10-11,14-15H2,1-2H3. The number of rotatable bonds is 7. The predicted molar refractivity (Wildman–Crippen MR) is 121 cm³/mol. The lowest BCUT2D eigenvalue weighted by molar-refractivity contribution is -0.00406. The summed E-state index contributed by atoms with van der Waals surface area (Å²) in [5, 5.41) is 18.0. The van der Waals surface area contributed by atoms with E-state index in [4.69, 9.17) is 15.1 Å². The first-order valence-corrected chi connectivity index (χ1v) is 11.2. The average Bonchev–Trinajstić information content (AvgIpc) is 3.16. The van der Waals surface area contributed by atoms with Gasteiger partial charge in [-0.25, -0.2) is 10.9 Å². The molecular weight excluding hydrogens is 404 g/mol. The van der Waals surface area contributed by atoms with Crippen molar-refractivity contribution < 1.29 is 14.6 Å². The second-order valence-corrected chi connectivity index (χ2v) is 8.55. The molecule has 32 heavy (non-hydrogen) atoms. The number of carbonyl (C=O) groups excluding carboxylic acids is 1. The van der Waals surface area contributed by atoms with Crippen LogP contribution < -0.4 is 10.9 Å². The molecule has 0 bridgehead atoms. The Morgan fingerprint density at radius 2 is 1.97 bits per heavy atom. The number of amides is 1. The van der Waals surface area contributed by atoms with E-state index in [0.717, 1.165) is 12.0 Å². The van der Waals surface area contributed by atoms with Crippen LogP contribution in [0.4, 0.5) is 0 Å². The molecule has 2 aromatic rings. The van der Waals surface area contributed by atoms with Crippen molar-refractivity contribution in [2.45, 2.75) is 38.5 Å². The summed E-state index contributed by atoms with van der Waals surface area (Å²) in [6.45, 7) is 5.86. The van der Waals surface area contributed by atoms with Crippen molar-refractivity contribution in [1.82, 2.24) is 15.8 Å². The molecule has 7 heteroatoms. The lowest BCUT2D eigenvalue weighted by Crippen LogP contribution is -2.48. The molecule has 3 atom stereocenters. The van der Waals surface area contributed by atoms with Crippen LogP contribution in [-0.4, -0.2) is 48.4 Å². The van der Waals surface area contributed by atoms with Crippen molar-refractivity contribution in [2.24, 2.45) is 5.92 Å². The maximum Gasteiger partial charge on any atom is 0.253 e. The van der Waals surface area contributed by atoms with Crippen molar-refractivity contribution in [3.8, 4) is 6.07 Å². The van der Waals surface area contributed by atoms with Crippen molar-refractivity contribution in [2.75, 3.05) is 26.3 Å². The van der Waals surface area contributed by atoms with Gasteiger partial charge in [-0.1, -0.05) is 32.0 Å². The van der Waals surface area contributed by atoms with Crippen molar-refractivity contribution >= 4 is 5.91 Å². The van der Waals surface area contributed by atoms with Gasteiger partial charge < -0.3 is 14.7 Å². The Morgan fingerprint density at radius 3 is 2.62 bits per heavy atom. The zero-order valence-electron chi connectivity index (χ0n) is 18.5. The quantitative estimate of drug-likeness (QED) is 0.619. The van der Waals surface area contributed by atoms with Crippen LogP contribution >= 0.6 is 0 Å². The fourth-order valence-electron chi connectivity index (χ4n) is 4.55. The van der Waals surface area contributed by atoms with Crippen LogP contribution in [0.1, 0.15) is 58.4 Å². The third-order valence-corrected chi connectivity index (χ3v) is 6.56. The van der Waals surface area contributed by atoms with Gasteiger partial charge in [-0.3, -0.25) is 4.79 Å². The molecule has 3 unspecified atom stereocenters. The third-order valence-electron chi connectivity index (χ3n) is 6.56. The highest BCUT2D eigenvalue weighted by Crippen LogP contribution is 2.33. The van der Waals surface area contributed by atoms with Gasteiger partial charge in [0.2, 0.25) is 0 Å². The zero-order valence-corrected chi connectivity index (χ0v) is 18.5. The second kappa shape index (κ2) is 9.80. The number of nitrogens with zero attached hydrogens (tertiary/aromatic N) is 2. The van der Waals surface area contributed by atoms with E-state index in [1.165, 1.54) is 11.1 Å². The first-order valence-electron chi connectivity index (χ1n) is 11.2. The summed E-state index contributed by atoms with van der Waals surface area (Å²) >= 11 is 0. The summed E-state index contributed by atoms with van der Waals surface area (Å²) in [5.74, 6) is 0.499. The van der Waals surface area contributed by atoms with Gasteiger partial charge in [-0.15, -0.1) is 0 Å². The van der Waals surface area contributed by atoms with Crippen LogP contribution in [0.25, 0.3) is 0 Å². The molecule has 0 spiro atoms. The number of likely N-dealkylation sites (tertiary alicyclic amines) is 1. The van der Waals surface area contributed by atoms with E-state index >= 15 is 0 Å². The molecule has 0 radical (unpaired) electrons. The largest absolute Gasteiger partial charge is 0.394 e. The fraction of sp³-hybridized carbons (Fsp3) is 0.440. The van der Waals surface area contributed by atoms with E-state index in [-0.39, 0.29) is 37.3 Å². The van der Waals surface area contributed by atoms with Gasteiger partial charge in [0.15, 0.2) is 0 Å². The smallest absolute Gasteiger partial charge is 0.253 e. The Morgan fingerprint density at radius 1 is 1.22 bits per heavy atom. The summed E-state index contributed by atoms with van der Waals surface area (Å²) in [7, 11) is 0. The van der Waals surface area contributed by atoms with Gasteiger partial charge in [0, 0.05) is 30.5 Å². The van der Waals surface area contributed by atoms with Crippen LogP contribution in [0.2, 0.25) is 0 Å². The first kappa shape index (κ1) is 22.4. The van der Waals surface area contributed by atoms with Crippen LogP contribution in [-0.2, 0) is 11.2 Å². The number of carbonyl (C=O) groups is 1.